The summed E-state index contributed by atoms with van der Waals surface area (Å²) in [5.41, 5.74) is 6.25. The molecule has 2 aromatic rings. The number of pyridine rings is 1. The van der Waals surface area contributed by atoms with Gasteiger partial charge in [-0.2, -0.15) is 0 Å². The van der Waals surface area contributed by atoms with Crippen molar-refractivity contribution in [1.82, 2.24) is 10.4 Å². The molecule has 2 unspecified atom stereocenters. The van der Waals surface area contributed by atoms with E-state index in [1.54, 1.807) is 6.07 Å². The summed E-state index contributed by atoms with van der Waals surface area (Å²) >= 11 is 12.5. The van der Waals surface area contributed by atoms with Gasteiger partial charge in [0.2, 0.25) is 0 Å². The molecular weight excluding hydrogens is 305 g/mol. The minimum atomic E-state index is -0.0925. The monoisotopic (exact) mass is 321 g/mol. The second-order valence-electron chi connectivity index (χ2n) is 5.36. The lowest BCUT2D eigenvalue weighted by molar-refractivity contribution is 0.400. The highest BCUT2D eigenvalue weighted by atomic mass is 35.5. The fraction of sp³-hybridized carbons (Fsp3) is 0.312. The Labute approximate surface area is 134 Å². The molecule has 3 nitrogen and oxygen atoms in total. The number of nitrogens with two attached hydrogens (primary N) is 1. The van der Waals surface area contributed by atoms with Crippen molar-refractivity contribution in [3.8, 4) is 0 Å². The van der Waals surface area contributed by atoms with Crippen molar-refractivity contribution < 1.29 is 0 Å². The van der Waals surface area contributed by atoms with E-state index >= 15 is 0 Å². The van der Waals surface area contributed by atoms with Crippen LogP contribution in [0.25, 0.3) is 0 Å². The van der Waals surface area contributed by atoms with Gasteiger partial charge in [0.1, 0.15) is 0 Å². The summed E-state index contributed by atoms with van der Waals surface area (Å²) in [5, 5.41) is 1.33. The van der Waals surface area contributed by atoms with Gasteiger partial charge in [0.15, 0.2) is 0 Å². The van der Waals surface area contributed by atoms with Crippen LogP contribution in [0.3, 0.4) is 0 Å². The van der Waals surface area contributed by atoms with Gasteiger partial charge in [-0.15, -0.1) is 0 Å². The lowest BCUT2D eigenvalue weighted by Crippen LogP contribution is -2.34. The van der Waals surface area contributed by atoms with Crippen LogP contribution < -0.4 is 11.3 Å². The first-order valence-corrected chi connectivity index (χ1v) is 7.81. The quantitative estimate of drug-likeness (QED) is 0.663. The summed E-state index contributed by atoms with van der Waals surface area (Å²) in [6, 6.07) is 9.51. The highest BCUT2D eigenvalue weighted by molar-refractivity contribution is 6.33. The first-order chi connectivity index (χ1) is 10.2. The highest BCUT2D eigenvalue weighted by Crippen LogP contribution is 2.41. The van der Waals surface area contributed by atoms with Gasteiger partial charge in [-0.25, -0.2) is 0 Å². The van der Waals surface area contributed by atoms with Crippen molar-refractivity contribution in [3.63, 3.8) is 0 Å². The van der Waals surface area contributed by atoms with Gasteiger partial charge in [0.05, 0.1) is 6.04 Å². The van der Waals surface area contributed by atoms with E-state index in [2.05, 4.69) is 16.5 Å². The summed E-state index contributed by atoms with van der Waals surface area (Å²) in [6.45, 7) is 0. The van der Waals surface area contributed by atoms with Crippen LogP contribution >= 0.6 is 23.2 Å². The first kappa shape index (κ1) is 14.8. The summed E-state index contributed by atoms with van der Waals surface area (Å²) < 4.78 is 0. The fourth-order valence-electron chi connectivity index (χ4n) is 3.15. The normalized spacial score (nSPS) is 19.1. The van der Waals surface area contributed by atoms with Crippen molar-refractivity contribution in [2.24, 2.45) is 5.84 Å². The van der Waals surface area contributed by atoms with Crippen LogP contribution in [0.4, 0.5) is 0 Å². The maximum atomic E-state index is 6.34. The van der Waals surface area contributed by atoms with Crippen molar-refractivity contribution in [2.45, 2.75) is 31.2 Å². The molecule has 0 bridgehead atoms. The standard InChI is InChI=1S/C16H17Cl2N3/c17-11-6-7-14(18)13(9-11)16(21-19)12-5-1-3-10-4-2-8-20-15(10)12/h2,4,6-9,12,16,21H,1,3,5,19H2. The Hall–Kier alpha value is -1.13. The number of nitrogens with one attached hydrogen (secondary N) is 1. The van der Waals surface area contributed by atoms with Gasteiger partial charge in [-0.3, -0.25) is 16.3 Å². The molecule has 0 saturated carbocycles. The predicted molar refractivity (Wildman–Crippen MR) is 86.4 cm³/mol. The van der Waals surface area contributed by atoms with E-state index in [9.17, 15) is 0 Å². The van der Waals surface area contributed by atoms with E-state index in [0.717, 1.165) is 30.5 Å². The number of rotatable bonds is 3. The first-order valence-electron chi connectivity index (χ1n) is 7.05. The molecule has 1 aliphatic rings. The van der Waals surface area contributed by atoms with E-state index in [1.807, 2.05) is 24.4 Å². The number of fused-ring (bicyclic) bond motifs is 1. The van der Waals surface area contributed by atoms with E-state index in [1.165, 1.54) is 5.56 Å². The van der Waals surface area contributed by atoms with Crippen LogP contribution in [-0.4, -0.2) is 4.98 Å². The van der Waals surface area contributed by atoms with Crippen LogP contribution in [-0.2, 0) is 6.42 Å². The van der Waals surface area contributed by atoms with Crippen LogP contribution in [0.5, 0.6) is 0 Å². The summed E-state index contributed by atoms with van der Waals surface area (Å²) in [5.74, 6) is 6.04. The van der Waals surface area contributed by atoms with E-state index in [0.29, 0.717) is 10.0 Å². The van der Waals surface area contributed by atoms with Gasteiger partial charge in [0, 0.05) is 27.9 Å². The van der Waals surface area contributed by atoms with Crippen molar-refractivity contribution in [3.05, 3.63) is 63.4 Å². The molecule has 3 N–H and O–H groups in total. The second-order valence-corrected chi connectivity index (χ2v) is 6.20. The molecular formula is C16H17Cl2N3. The lowest BCUT2D eigenvalue weighted by atomic mass is 9.80. The molecule has 5 heteroatoms. The molecule has 0 saturated heterocycles. The smallest absolute Gasteiger partial charge is 0.0558 e. The van der Waals surface area contributed by atoms with Gasteiger partial charge < -0.3 is 0 Å². The average molecular weight is 322 g/mol. The molecule has 2 atom stereocenters. The number of nitrogens with zero attached hydrogens (tertiary/aromatic N) is 1. The zero-order chi connectivity index (χ0) is 14.8. The van der Waals surface area contributed by atoms with Crippen molar-refractivity contribution in [2.75, 3.05) is 0 Å². The largest absolute Gasteiger partial charge is 0.271 e. The minimum absolute atomic E-state index is 0.0925. The molecule has 1 heterocycles. The second kappa shape index (κ2) is 6.32. The number of benzene rings is 1. The van der Waals surface area contributed by atoms with Crippen LogP contribution in [0.2, 0.25) is 10.0 Å². The van der Waals surface area contributed by atoms with E-state index in [-0.39, 0.29) is 12.0 Å². The Kier molecular flexibility index (Phi) is 4.45. The van der Waals surface area contributed by atoms with Crippen LogP contribution in [0, 0.1) is 0 Å². The topological polar surface area (TPSA) is 50.9 Å². The van der Waals surface area contributed by atoms with Gasteiger partial charge in [-0.05, 0) is 54.7 Å². The molecule has 0 amide bonds. The van der Waals surface area contributed by atoms with Gasteiger partial charge in [0.25, 0.3) is 0 Å². The molecule has 21 heavy (non-hydrogen) atoms. The number of aromatic nitrogens is 1. The van der Waals surface area contributed by atoms with Crippen molar-refractivity contribution >= 4 is 23.2 Å². The third-order valence-electron chi connectivity index (χ3n) is 4.11. The summed E-state index contributed by atoms with van der Waals surface area (Å²) in [7, 11) is 0. The Balaban J connectivity index is 2.03. The summed E-state index contributed by atoms with van der Waals surface area (Å²) in [4.78, 5) is 4.58. The molecule has 0 radical (unpaired) electrons. The number of hydrogen-bond donors (Lipinski definition) is 2. The molecule has 1 aromatic carbocycles. The molecule has 1 aliphatic carbocycles. The maximum absolute atomic E-state index is 6.34. The molecule has 0 aliphatic heterocycles. The molecule has 0 spiro atoms. The third kappa shape index (κ3) is 2.92. The van der Waals surface area contributed by atoms with Crippen LogP contribution in [0.1, 0.15) is 41.6 Å². The molecule has 0 fully saturated rings. The molecule has 110 valence electrons. The lowest BCUT2D eigenvalue weighted by Gasteiger charge is -2.31. The van der Waals surface area contributed by atoms with Crippen LogP contribution in [0.15, 0.2) is 36.5 Å². The number of aryl methyl sites for hydroxylation is 1. The number of halogens is 2. The SMILES string of the molecule is NNC(c1cc(Cl)ccc1Cl)C1CCCc2cccnc21. The zero-order valence-corrected chi connectivity index (χ0v) is 13.0. The fourth-order valence-corrected chi connectivity index (χ4v) is 3.56. The Morgan fingerprint density at radius 3 is 2.95 bits per heavy atom. The van der Waals surface area contributed by atoms with Gasteiger partial charge >= 0.3 is 0 Å². The third-order valence-corrected chi connectivity index (χ3v) is 4.69. The predicted octanol–water partition coefficient (Wildman–Crippen LogP) is 4.01. The van der Waals surface area contributed by atoms with E-state index < -0.39 is 0 Å². The number of hydrogen-bond acceptors (Lipinski definition) is 3. The average Bonchev–Trinajstić information content (AvgIpc) is 2.51. The molecule has 1 aromatic heterocycles. The van der Waals surface area contributed by atoms with Crippen molar-refractivity contribution in [1.29, 1.82) is 0 Å². The highest BCUT2D eigenvalue weighted by Gasteiger charge is 2.30. The Morgan fingerprint density at radius 1 is 1.29 bits per heavy atom. The van der Waals surface area contributed by atoms with Gasteiger partial charge in [-0.1, -0.05) is 29.3 Å². The minimum Gasteiger partial charge on any atom is -0.271 e. The number of hydrazine groups is 1. The Morgan fingerprint density at radius 2 is 2.14 bits per heavy atom. The van der Waals surface area contributed by atoms with E-state index in [4.69, 9.17) is 29.0 Å². The summed E-state index contributed by atoms with van der Waals surface area (Å²) in [6.07, 6.45) is 5.06. The Bertz CT molecular complexity index is 645. The molecule has 3 rings (SSSR count). The maximum Gasteiger partial charge on any atom is 0.0558 e. The zero-order valence-electron chi connectivity index (χ0n) is 11.5.